The van der Waals surface area contributed by atoms with Crippen molar-refractivity contribution in [2.45, 2.75) is 0 Å². The smallest absolute Gasteiger partial charge is 0.328 e. The molecule has 0 aromatic rings. The van der Waals surface area contributed by atoms with Crippen LogP contribution in [0.1, 0.15) is 0 Å². The standard InChI is InChI=1S/3C4H4O4.2Fe/c3*5-3(6)1-2-4(7)8;;/h3*1-2H,(H,5,6)(H,7,8);;/b3*2-1+;;. The summed E-state index contributed by atoms with van der Waals surface area (Å²) in [7, 11) is 0. The monoisotopic (exact) mass is 460 g/mol. The van der Waals surface area contributed by atoms with E-state index in [4.69, 9.17) is 30.6 Å². The minimum Gasteiger partial charge on any atom is -0.478 e. The minimum absolute atomic E-state index is 0. The molecule has 0 bridgehead atoms. The fraction of sp³-hybridized carbons (Fsp3) is 0. The molecule has 0 aliphatic rings. The summed E-state index contributed by atoms with van der Waals surface area (Å²) < 4.78 is 0. The van der Waals surface area contributed by atoms with E-state index in [9.17, 15) is 28.8 Å². The zero-order chi connectivity index (χ0) is 19.7. The van der Waals surface area contributed by atoms with E-state index in [1.165, 1.54) is 0 Å². The van der Waals surface area contributed by atoms with E-state index < -0.39 is 35.8 Å². The predicted octanol–water partition coefficient (Wildman–Crippen LogP) is -0.870. The molecule has 0 heterocycles. The molecule has 0 rings (SSSR count). The fourth-order valence-electron chi connectivity index (χ4n) is 0.428. The Morgan fingerprint density at radius 3 is 0.462 bits per heavy atom. The number of hydrogen-bond acceptors (Lipinski definition) is 6. The Hall–Kier alpha value is -2.92. The van der Waals surface area contributed by atoms with Gasteiger partial charge in [-0.25, -0.2) is 28.8 Å². The molecule has 0 aliphatic carbocycles. The van der Waals surface area contributed by atoms with Gasteiger partial charge in [0.05, 0.1) is 0 Å². The zero-order valence-electron chi connectivity index (χ0n) is 12.3. The van der Waals surface area contributed by atoms with Crippen LogP contribution in [0.3, 0.4) is 0 Å². The van der Waals surface area contributed by atoms with Gasteiger partial charge in [0.25, 0.3) is 0 Å². The first-order valence-corrected chi connectivity index (χ1v) is 5.30. The molecule has 12 nitrogen and oxygen atoms in total. The van der Waals surface area contributed by atoms with E-state index in [2.05, 4.69) is 0 Å². The molecule has 14 heteroatoms. The van der Waals surface area contributed by atoms with Crippen molar-refractivity contribution in [3.63, 3.8) is 0 Å². The summed E-state index contributed by atoms with van der Waals surface area (Å²) in [6, 6.07) is 0. The quantitative estimate of drug-likeness (QED) is 0.210. The molecular weight excluding hydrogens is 448 g/mol. The second-order valence-corrected chi connectivity index (χ2v) is 3.03. The molecule has 0 fully saturated rings. The van der Waals surface area contributed by atoms with Crippen molar-refractivity contribution < 1.29 is 93.5 Å². The van der Waals surface area contributed by atoms with E-state index in [1.54, 1.807) is 0 Å². The van der Waals surface area contributed by atoms with Crippen LogP contribution in [-0.4, -0.2) is 66.5 Å². The number of aliphatic carboxylic acids is 6. The first-order valence-electron chi connectivity index (χ1n) is 5.30. The van der Waals surface area contributed by atoms with Crippen molar-refractivity contribution in [1.82, 2.24) is 0 Å². The molecule has 148 valence electrons. The maximum Gasteiger partial charge on any atom is 0.328 e. The molecule has 6 N–H and O–H groups in total. The second-order valence-electron chi connectivity index (χ2n) is 3.03. The molecule has 26 heavy (non-hydrogen) atoms. The van der Waals surface area contributed by atoms with E-state index in [0.717, 1.165) is 0 Å². The average molecular weight is 460 g/mol. The summed E-state index contributed by atoms with van der Waals surface area (Å²) in [6.45, 7) is 0. The van der Waals surface area contributed by atoms with Crippen LogP contribution in [0.5, 0.6) is 0 Å². The molecule has 0 aromatic heterocycles. The average Bonchev–Trinajstić information content (AvgIpc) is 2.42. The van der Waals surface area contributed by atoms with Gasteiger partial charge in [-0.15, -0.1) is 0 Å². The van der Waals surface area contributed by atoms with Crippen LogP contribution < -0.4 is 0 Å². The summed E-state index contributed by atoms with van der Waals surface area (Å²) in [5.41, 5.74) is 0. The van der Waals surface area contributed by atoms with Gasteiger partial charge in [0.2, 0.25) is 0 Å². The molecule has 0 unspecified atom stereocenters. The van der Waals surface area contributed by atoms with Gasteiger partial charge < -0.3 is 30.6 Å². The Morgan fingerprint density at radius 2 is 0.423 bits per heavy atom. The van der Waals surface area contributed by atoms with Crippen molar-refractivity contribution in [2.24, 2.45) is 0 Å². The van der Waals surface area contributed by atoms with Gasteiger partial charge in [-0.05, 0) is 0 Å². The molecule has 0 atom stereocenters. The SMILES string of the molecule is O=C(O)/C=C/C(=O)O.O=C(O)/C=C/C(=O)O.O=C(O)/C=C/C(=O)O.[Fe].[Fe]. The molecule has 0 aromatic carbocycles. The third kappa shape index (κ3) is 58.2. The van der Waals surface area contributed by atoms with Crippen LogP contribution in [0.4, 0.5) is 0 Å². The minimum atomic E-state index is -1.26. The molecule has 0 spiro atoms. The number of rotatable bonds is 6. The van der Waals surface area contributed by atoms with Crippen LogP contribution in [0.25, 0.3) is 0 Å². The summed E-state index contributed by atoms with van der Waals surface area (Å²) in [4.78, 5) is 57.3. The zero-order valence-corrected chi connectivity index (χ0v) is 14.5. The summed E-state index contributed by atoms with van der Waals surface area (Å²) in [5.74, 6) is -7.54. The predicted molar refractivity (Wildman–Crippen MR) is 73.2 cm³/mol. The molecule has 0 radical (unpaired) electrons. The van der Waals surface area contributed by atoms with Gasteiger partial charge in [-0.1, -0.05) is 0 Å². The summed E-state index contributed by atoms with van der Waals surface area (Å²) >= 11 is 0. The van der Waals surface area contributed by atoms with Crippen molar-refractivity contribution in [3.05, 3.63) is 36.5 Å². The number of carboxylic acid groups (broad SMARTS) is 6. The van der Waals surface area contributed by atoms with Crippen molar-refractivity contribution in [3.8, 4) is 0 Å². The van der Waals surface area contributed by atoms with Crippen LogP contribution in [-0.2, 0) is 62.9 Å². The molecule has 0 saturated heterocycles. The summed E-state index contributed by atoms with van der Waals surface area (Å²) in [5, 5.41) is 46.9. The van der Waals surface area contributed by atoms with E-state index >= 15 is 0 Å². The van der Waals surface area contributed by atoms with E-state index in [-0.39, 0.29) is 34.1 Å². The van der Waals surface area contributed by atoms with Gasteiger partial charge in [0.1, 0.15) is 0 Å². The van der Waals surface area contributed by atoms with Crippen LogP contribution in [0.2, 0.25) is 0 Å². The Balaban J connectivity index is -0.0000000817. The Morgan fingerprint density at radius 1 is 0.346 bits per heavy atom. The maximum atomic E-state index is 9.55. The van der Waals surface area contributed by atoms with E-state index in [0.29, 0.717) is 36.5 Å². The van der Waals surface area contributed by atoms with Gasteiger partial charge >= 0.3 is 35.8 Å². The van der Waals surface area contributed by atoms with Crippen molar-refractivity contribution in [1.29, 1.82) is 0 Å². The van der Waals surface area contributed by atoms with Crippen LogP contribution in [0.15, 0.2) is 36.5 Å². The Labute approximate surface area is 166 Å². The van der Waals surface area contributed by atoms with E-state index in [1.807, 2.05) is 0 Å². The second kappa shape index (κ2) is 22.1. The first-order chi connectivity index (χ1) is 10.9. The number of carbonyl (C=O) groups is 6. The number of hydrogen-bond donors (Lipinski definition) is 6. The van der Waals surface area contributed by atoms with Gasteiger partial charge in [0.15, 0.2) is 0 Å². The third-order valence-corrected chi connectivity index (χ3v) is 1.11. The summed E-state index contributed by atoms with van der Waals surface area (Å²) in [6.07, 6.45) is 3.35. The molecule has 0 aliphatic heterocycles. The topological polar surface area (TPSA) is 224 Å². The van der Waals surface area contributed by atoms with Crippen LogP contribution >= 0.6 is 0 Å². The van der Waals surface area contributed by atoms with Crippen LogP contribution in [0, 0.1) is 0 Å². The van der Waals surface area contributed by atoms with Gasteiger partial charge in [-0.2, -0.15) is 0 Å². The van der Waals surface area contributed by atoms with Crippen molar-refractivity contribution in [2.75, 3.05) is 0 Å². The molecule has 0 saturated carbocycles. The largest absolute Gasteiger partial charge is 0.478 e. The first kappa shape index (κ1) is 34.4. The Bertz CT molecular complexity index is 448. The van der Waals surface area contributed by atoms with Crippen molar-refractivity contribution >= 4 is 35.8 Å². The Kier molecular flexibility index (Phi) is 29.2. The van der Waals surface area contributed by atoms with Gasteiger partial charge in [0, 0.05) is 70.6 Å². The third-order valence-electron chi connectivity index (χ3n) is 1.11. The maximum absolute atomic E-state index is 9.55. The molecule has 0 amide bonds. The number of carboxylic acids is 6. The molecular formula is C12H12Fe2O12. The fourth-order valence-corrected chi connectivity index (χ4v) is 0.428. The van der Waals surface area contributed by atoms with Gasteiger partial charge in [-0.3, -0.25) is 0 Å². The normalized spacial score (nSPS) is 8.77.